The van der Waals surface area contributed by atoms with E-state index in [1.165, 1.54) is 12.9 Å². The predicted octanol–water partition coefficient (Wildman–Crippen LogP) is 1.72. The van der Waals surface area contributed by atoms with E-state index in [-0.39, 0.29) is 14.5 Å². The monoisotopic (exact) mass is 424 g/mol. The Morgan fingerprint density at radius 3 is 2.05 bits per heavy atom. The van der Waals surface area contributed by atoms with Crippen LogP contribution in [-0.4, -0.2) is 57.6 Å². The minimum absolute atomic E-state index is 0.269. The van der Waals surface area contributed by atoms with Gasteiger partial charge in [-0.2, -0.15) is 0 Å². The summed E-state index contributed by atoms with van der Waals surface area (Å²) in [4.78, 5) is 2.26. The molecule has 0 saturated heterocycles. The molecule has 0 aliphatic heterocycles. The molecule has 0 unspecified atom stereocenters. The van der Waals surface area contributed by atoms with E-state index < -0.39 is 8.80 Å². The molecule has 0 amide bonds. The second-order valence-corrected chi connectivity index (χ2v) is 11.6. The zero-order valence-electron chi connectivity index (χ0n) is 12.0. The van der Waals surface area contributed by atoms with E-state index in [0.29, 0.717) is 34.3 Å². The summed E-state index contributed by atoms with van der Waals surface area (Å²) in [5.74, 6) is 0. The summed E-state index contributed by atoms with van der Waals surface area (Å²) in [5.41, 5.74) is 0. The molecule has 3 nitrogen and oxygen atoms in total. The molecule has 6 heteroatoms. The fourth-order valence-electron chi connectivity index (χ4n) is 1.96. The van der Waals surface area contributed by atoms with E-state index in [4.69, 9.17) is 13.3 Å². The van der Waals surface area contributed by atoms with Gasteiger partial charge in [0.2, 0.25) is 0 Å². The van der Waals surface area contributed by atoms with Crippen molar-refractivity contribution in [3.63, 3.8) is 0 Å². The van der Waals surface area contributed by atoms with Gasteiger partial charge in [-0.3, -0.25) is 0 Å². The zero-order valence-corrected chi connectivity index (χ0v) is 16.5. The summed E-state index contributed by atoms with van der Waals surface area (Å²) in [5, 5.41) is 0. The van der Waals surface area contributed by atoms with Crippen molar-refractivity contribution >= 4 is 41.9 Å². The molecule has 20 heavy (non-hydrogen) atoms. The average Bonchev–Trinajstić information content (AvgIpc) is 3.11. The Hall–Kier alpha value is 0.0958. The molecule has 0 aliphatic rings. The fourth-order valence-corrected chi connectivity index (χ4v) is 10.4. The van der Waals surface area contributed by atoms with Crippen molar-refractivity contribution in [3.8, 4) is 8.87 Å². The molecule has 0 aliphatic carbocycles. The van der Waals surface area contributed by atoms with E-state index in [1.54, 1.807) is 0 Å². The third-order valence-electron chi connectivity index (χ3n) is 2.67. The Balaban J connectivity index is 2.32. The van der Waals surface area contributed by atoms with Gasteiger partial charge in [-0.15, -0.1) is 0 Å². The van der Waals surface area contributed by atoms with Crippen LogP contribution in [-0.2, 0) is 13.3 Å². The number of rotatable bonds is 8. The molecule has 0 bridgehead atoms. The van der Waals surface area contributed by atoms with Gasteiger partial charge in [0.05, 0.1) is 0 Å². The molecule has 0 radical (unpaired) electrons. The first kappa shape index (κ1) is 16.5. The summed E-state index contributed by atoms with van der Waals surface area (Å²) in [6.07, 6.45) is 0. The van der Waals surface area contributed by atoms with Crippen LogP contribution in [0.3, 0.4) is 0 Å². The normalized spacial score (nSPS) is 11.9. The van der Waals surface area contributed by atoms with Crippen molar-refractivity contribution < 1.29 is 13.3 Å². The third kappa shape index (κ3) is 3.64. The maximum atomic E-state index is 5.98. The molecule has 110 valence electrons. The van der Waals surface area contributed by atoms with E-state index >= 15 is 0 Å². The van der Waals surface area contributed by atoms with Gasteiger partial charge in [-0.25, -0.2) is 0 Å². The van der Waals surface area contributed by atoms with Gasteiger partial charge in [0, 0.05) is 0 Å². The van der Waals surface area contributed by atoms with Crippen LogP contribution in [0.5, 0.6) is 0 Å². The topological polar surface area (TPSA) is 27.7 Å². The van der Waals surface area contributed by atoms with E-state index in [2.05, 4.69) is 29.2 Å². The van der Waals surface area contributed by atoms with E-state index in [9.17, 15) is 0 Å². The van der Waals surface area contributed by atoms with Crippen LogP contribution in [0.4, 0.5) is 0 Å². The zero-order chi connectivity index (χ0) is 14.4. The molecule has 0 fully saturated rings. The summed E-state index contributed by atoms with van der Waals surface area (Å²) < 4.78 is 22.1. The van der Waals surface area contributed by atoms with Gasteiger partial charge in [-0.05, 0) is 0 Å². The van der Waals surface area contributed by atoms with Crippen LogP contribution in [0.25, 0.3) is 8.87 Å². The maximum absolute atomic E-state index is 5.98. The van der Waals surface area contributed by atoms with Crippen LogP contribution in [0.15, 0.2) is 29.2 Å². The Morgan fingerprint density at radius 2 is 1.55 bits per heavy atom. The molecule has 2 aromatic heterocycles. The van der Waals surface area contributed by atoms with E-state index in [0.717, 1.165) is 0 Å². The molecule has 2 aromatic rings. The van der Waals surface area contributed by atoms with Gasteiger partial charge >= 0.3 is 134 Å². The summed E-state index contributed by atoms with van der Waals surface area (Å²) in [7, 11) is -2.66. The van der Waals surface area contributed by atoms with Crippen LogP contribution in [0.1, 0.15) is 20.8 Å². The van der Waals surface area contributed by atoms with Crippen molar-refractivity contribution in [1.29, 1.82) is 0 Å². The molecule has 2 rings (SSSR count). The number of hydrogen-bond acceptors (Lipinski definition) is 3. The third-order valence-corrected chi connectivity index (χ3v) is 12.1. The van der Waals surface area contributed by atoms with Crippen molar-refractivity contribution in [3.05, 3.63) is 29.2 Å². The Bertz CT molecular complexity index is 493. The van der Waals surface area contributed by atoms with Gasteiger partial charge in [0.25, 0.3) is 0 Å². The van der Waals surface area contributed by atoms with Gasteiger partial charge in [-0.1, -0.05) is 0 Å². The minimum atomic E-state index is -2.66. The average molecular weight is 422 g/mol. The molecule has 2 heterocycles. The summed E-state index contributed by atoms with van der Waals surface area (Å²) in [6.45, 7) is 7.89. The molecule has 0 aromatic carbocycles. The Morgan fingerprint density at radius 1 is 0.900 bits per heavy atom. The van der Waals surface area contributed by atoms with Crippen LogP contribution < -0.4 is 4.06 Å². The Labute approximate surface area is 133 Å². The van der Waals surface area contributed by atoms with Crippen molar-refractivity contribution in [2.24, 2.45) is 0 Å². The Kier molecular flexibility index (Phi) is 6.52. The van der Waals surface area contributed by atoms with Crippen molar-refractivity contribution in [2.75, 3.05) is 19.8 Å². The first-order chi connectivity index (χ1) is 9.75. The van der Waals surface area contributed by atoms with Crippen LogP contribution >= 0.6 is 0 Å². The standard InChI is InChI=1S/C14H20O3Se2Si/c1-4-15-20(16-5-2,17-6-3)14-10-9-13(19-14)12-8-7-11-18-12/h7-11H,4-6H2,1-3H3. The van der Waals surface area contributed by atoms with Crippen LogP contribution in [0.2, 0.25) is 0 Å². The van der Waals surface area contributed by atoms with E-state index in [1.807, 2.05) is 20.8 Å². The molecule has 0 N–H and O–H groups in total. The SMILES string of the molecule is CCO[Si](OCC)(OCC)c1ccc(-c2ccc[se]2)[se]1. The number of hydrogen-bond donors (Lipinski definition) is 0. The summed E-state index contributed by atoms with van der Waals surface area (Å²) >= 11 is 0.759. The molecule has 0 atom stereocenters. The van der Waals surface area contributed by atoms with Crippen LogP contribution in [0, 0.1) is 0 Å². The summed E-state index contributed by atoms with van der Waals surface area (Å²) in [6, 6.07) is 8.80. The fraction of sp³-hybridized carbons (Fsp3) is 0.429. The second kappa shape index (κ2) is 7.92. The van der Waals surface area contributed by atoms with Crippen molar-refractivity contribution in [2.45, 2.75) is 20.8 Å². The first-order valence-electron chi connectivity index (χ1n) is 6.81. The molecular weight excluding hydrogens is 402 g/mol. The molecular formula is C14H20O3Se2Si. The molecule has 0 spiro atoms. The quantitative estimate of drug-likeness (QED) is 0.607. The van der Waals surface area contributed by atoms with Gasteiger partial charge in [0.1, 0.15) is 0 Å². The first-order valence-corrected chi connectivity index (χ1v) is 12.1. The second-order valence-electron chi connectivity index (χ2n) is 4.00. The van der Waals surface area contributed by atoms with Gasteiger partial charge in [0.15, 0.2) is 0 Å². The predicted molar refractivity (Wildman–Crippen MR) is 86.0 cm³/mol. The van der Waals surface area contributed by atoms with Crippen molar-refractivity contribution in [1.82, 2.24) is 0 Å². The van der Waals surface area contributed by atoms with Gasteiger partial charge < -0.3 is 0 Å². The molecule has 0 saturated carbocycles.